The molecular formula is C16H14O2. The zero-order valence-corrected chi connectivity index (χ0v) is 10.0. The van der Waals surface area contributed by atoms with Crippen LogP contribution in [0, 0.1) is 0 Å². The van der Waals surface area contributed by atoms with Gasteiger partial charge in [-0.2, -0.15) is 0 Å². The van der Waals surface area contributed by atoms with Gasteiger partial charge in [0.15, 0.2) is 0 Å². The fourth-order valence-corrected chi connectivity index (χ4v) is 2.39. The topological polar surface area (TPSA) is 26.3 Å². The van der Waals surface area contributed by atoms with Crippen molar-refractivity contribution in [3.63, 3.8) is 0 Å². The van der Waals surface area contributed by atoms with Crippen LogP contribution in [0.15, 0.2) is 54.6 Å². The summed E-state index contributed by atoms with van der Waals surface area (Å²) in [5.41, 5.74) is 3.01. The Morgan fingerprint density at radius 1 is 1.00 bits per heavy atom. The van der Waals surface area contributed by atoms with Crippen LogP contribution in [0.1, 0.15) is 21.5 Å². The van der Waals surface area contributed by atoms with E-state index in [4.69, 9.17) is 4.74 Å². The zero-order valence-electron chi connectivity index (χ0n) is 10.0. The van der Waals surface area contributed by atoms with Gasteiger partial charge in [0.25, 0.3) is 0 Å². The molecule has 90 valence electrons. The maximum absolute atomic E-state index is 11.9. The van der Waals surface area contributed by atoms with Crippen molar-refractivity contribution in [1.29, 1.82) is 0 Å². The van der Waals surface area contributed by atoms with Crippen LogP contribution in [0.3, 0.4) is 0 Å². The summed E-state index contributed by atoms with van der Waals surface area (Å²) in [4.78, 5) is 11.9. The summed E-state index contributed by atoms with van der Waals surface area (Å²) in [6.45, 7) is 0. The first-order chi connectivity index (χ1) is 8.83. The van der Waals surface area contributed by atoms with E-state index in [1.165, 1.54) is 5.56 Å². The smallest absolute Gasteiger partial charge is 0.338 e. The van der Waals surface area contributed by atoms with Gasteiger partial charge in [0.1, 0.15) is 6.10 Å². The minimum absolute atomic E-state index is 0.0465. The molecule has 1 aliphatic heterocycles. The molecule has 1 aliphatic rings. The normalized spacial score (nSPS) is 18.0. The molecule has 2 aromatic carbocycles. The molecule has 18 heavy (non-hydrogen) atoms. The van der Waals surface area contributed by atoms with Crippen LogP contribution in [0.25, 0.3) is 0 Å². The van der Waals surface area contributed by atoms with E-state index in [1.807, 2.05) is 42.5 Å². The van der Waals surface area contributed by atoms with Crippen LogP contribution in [0.4, 0.5) is 0 Å². The molecule has 0 spiro atoms. The lowest BCUT2D eigenvalue weighted by molar-refractivity contribution is 0.0259. The number of fused-ring (bicyclic) bond motifs is 1. The van der Waals surface area contributed by atoms with E-state index in [9.17, 15) is 4.79 Å². The lowest BCUT2D eigenvalue weighted by Crippen LogP contribution is -2.29. The molecule has 0 amide bonds. The molecule has 2 heteroatoms. The summed E-state index contributed by atoms with van der Waals surface area (Å²) in [7, 11) is 0. The number of ether oxygens (including phenoxy) is 1. The summed E-state index contributed by atoms with van der Waals surface area (Å²) in [6, 6.07) is 17.8. The van der Waals surface area contributed by atoms with Crippen molar-refractivity contribution in [3.8, 4) is 0 Å². The summed E-state index contributed by atoms with van der Waals surface area (Å²) < 4.78 is 5.48. The number of carbonyl (C=O) groups excluding carboxylic acids is 1. The highest BCUT2D eigenvalue weighted by molar-refractivity contribution is 5.92. The molecular weight excluding hydrogens is 224 g/mol. The van der Waals surface area contributed by atoms with Gasteiger partial charge in [0.05, 0.1) is 5.56 Å². The number of hydrogen-bond acceptors (Lipinski definition) is 2. The van der Waals surface area contributed by atoms with E-state index in [2.05, 4.69) is 12.1 Å². The molecule has 0 fully saturated rings. The average Bonchev–Trinajstić information content (AvgIpc) is 2.40. The first kappa shape index (κ1) is 11.0. The van der Waals surface area contributed by atoms with Crippen molar-refractivity contribution in [2.45, 2.75) is 18.9 Å². The van der Waals surface area contributed by atoms with E-state index in [0.717, 1.165) is 18.4 Å². The second-order valence-electron chi connectivity index (χ2n) is 4.58. The SMILES string of the molecule is O=C1O[C@H](Cc2ccccc2)Cc2ccccc21. The summed E-state index contributed by atoms with van der Waals surface area (Å²) >= 11 is 0. The Bertz CT molecular complexity index is 560. The maximum atomic E-state index is 11.9. The number of rotatable bonds is 2. The van der Waals surface area contributed by atoms with Crippen molar-refractivity contribution in [1.82, 2.24) is 0 Å². The highest BCUT2D eigenvalue weighted by atomic mass is 16.5. The Balaban J connectivity index is 1.80. The monoisotopic (exact) mass is 238 g/mol. The van der Waals surface area contributed by atoms with Gasteiger partial charge in [-0.25, -0.2) is 4.79 Å². The van der Waals surface area contributed by atoms with Crippen LogP contribution in [-0.4, -0.2) is 12.1 Å². The van der Waals surface area contributed by atoms with Crippen molar-refractivity contribution in [2.75, 3.05) is 0 Å². The van der Waals surface area contributed by atoms with E-state index >= 15 is 0 Å². The highest BCUT2D eigenvalue weighted by Crippen LogP contribution is 2.22. The molecule has 0 aliphatic carbocycles. The Morgan fingerprint density at radius 2 is 1.72 bits per heavy atom. The number of hydrogen-bond donors (Lipinski definition) is 0. The quantitative estimate of drug-likeness (QED) is 0.752. The maximum Gasteiger partial charge on any atom is 0.338 e. The van der Waals surface area contributed by atoms with Crippen LogP contribution >= 0.6 is 0 Å². The molecule has 0 bridgehead atoms. The Labute approximate surface area is 106 Å². The third kappa shape index (κ3) is 2.14. The number of benzene rings is 2. The molecule has 0 aromatic heterocycles. The van der Waals surface area contributed by atoms with Gasteiger partial charge < -0.3 is 4.74 Å². The van der Waals surface area contributed by atoms with Crippen molar-refractivity contribution < 1.29 is 9.53 Å². The van der Waals surface area contributed by atoms with Crippen LogP contribution < -0.4 is 0 Å². The van der Waals surface area contributed by atoms with Crippen LogP contribution in [-0.2, 0) is 17.6 Å². The fourth-order valence-electron chi connectivity index (χ4n) is 2.39. The van der Waals surface area contributed by atoms with E-state index in [0.29, 0.717) is 5.56 Å². The molecule has 0 saturated heterocycles. The predicted molar refractivity (Wildman–Crippen MR) is 69.5 cm³/mol. The van der Waals surface area contributed by atoms with Crippen molar-refractivity contribution in [3.05, 3.63) is 71.3 Å². The minimum atomic E-state index is -0.196. The molecule has 3 rings (SSSR count). The Hall–Kier alpha value is -2.09. The van der Waals surface area contributed by atoms with Crippen LogP contribution in [0.2, 0.25) is 0 Å². The molecule has 2 aromatic rings. The molecule has 0 radical (unpaired) electrons. The Kier molecular flexibility index (Phi) is 2.85. The summed E-state index contributed by atoms with van der Waals surface area (Å²) in [5.74, 6) is -0.196. The third-order valence-corrected chi connectivity index (χ3v) is 3.26. The number of carbonyl (C=O) groups is 1. The minimum Gasteiger partial charge on any atom is -0.458 e. The van der Waals surface area contributed by atoms with Crippen molar-refractivity contribution in [2.24, 2.45) is 0 Å². The van der Waals surface area contributed by atoms with Gasteiger partial charge in [-0.15, -0.1) is 0 Å². The molecule has 0 N–H and O–H groups in total. The summed E-state index contributed by atoms with van der Waals surface area (Å²) in [6.07, 6.45) is 1.53. The molecule has 0 unspecified atom stereocenters. The largest absolute Gasteiger partial charge is 0.458 e. The predicted octanol–water partition coefficient (Wildman–Crippen LogP) is 3.01. The standard InChI is InChI=1S/C16H14O2/c17-16-15-9-5-4-8-13(15)11-14(18-16)10-12-6-2-1-3-7-12/h1-9,14H,10-11H2/t14-/m1/s1. The second kappa shape index (κ2) is 4.65. The fraction of sp³-hybridized carbons (Fsp3) is 0.188. The Morgan fingerprint density at radius 3 is 2.56 bits per heavy atom. The van der Waals surface area contributed by atoms with Gasteiger partial charge in [-0.05, 0) is 17.2 Å². The molecule has 0 saturated carbocycles. The zero-order chi connectivity index (χ0) is 12.4. The first-order valence-electron chi connectivity index (χ1n) is 6.16. The molecule has 1 atom stereocenters. The van der Waals surface area contributed by atoms with E-state index < -0.39 is 0 Å². The van der Waals surface area contributed by atoms with Gasteiger partial charge in [0.2, 0.25) is 0 Å². The van der Waals surface area contributed by atoms with E-state index in [1.54, 1.807) is 0 Å². The van der Waals surface area contributed by atoms with Gasteiger partial charge in [-0.1, -0.05) is 48.5 Å². The lowest BCUT2D eigenvalue weighted by Gasteiger charge is -2.24. The van der Waals surface area contributed by atoms with Crippen LogP contribution in [0.5, 0.6) is 0 Å². The number of cyclic esters (lactones) is 1. The molecule has 2 nitrogen and oxygen atoms in total. The average molecular weight is 238 g/mol. The molecule has 1 heterocycles. The number of esters is 1. The highest BCUT2D eigenvalue weighted by Gasteiger charge is 2.25. The third-order valence-electron chi connectivity index (χ3n) is 3.26. The van der Waals surface area contributed by atoms with Gasteiger partial charge >= 0.3 is 5.97 Å². The lowest BCUT2D eigenvalue weighted by atomic mass is 9.95. The first-order valence-corrected chi connectivity index (χ1v) is 6.16. The second-order valence-corrected chi connectivity index (χ2v) is 4.58. The van der Waals surface area contributed by atoms with Gasteiger partial charge in [-0.3, -0.25) is 0 Å². The summed E-state index contributed by atoms with van der Waals surface area (Å²) in [5, 5.41) is 0. The van der Waals surface area contributed by atoms with Crippen molar-refractivity contribution >= 4 is 5.97 Å². The van der Waals surface area contributed by atoms with E-state index in [-0.39, 0.29) is 12.1 Å². The van der Waals surface area contributed by atoms with Gasteiger partial charge in [0, 0.05) is 12.8 Å².